The van der Waals surface area contributed by atoms with Gasteiger partial charge in [0.05, 0.1) is 17.2 Å². The molecule has 33 heavy (non-hydrogen) atoms. The highest BCUT2D eigenvalue weighted by Crippen LogP contribution is 2.26. The number of halogens is 1. The molecule has 0 atom stereocenters. The number of ketones is 1. The minimum absolute atomic E-state index is 0.163. The molecule has 0 aromatic heterocycles. The third-order valence-corrected chi connectivity index (χ3v) is 6.47. The zero-order valence-corrected chi connectivity index (χ0v) is 18.9. The van der Waals surface area contributed by atoms with Crippen LogP contribution in [-0.2, 0) is 14.8 Å². The maximum atomic E-state index is 13.3. The van der Waals surface area contributed by atoms with Crippen molar-refractivity contribution in [2.75, 3.05) is 22.8 Å². The number of nitrogens with zero attached hydrogens (tertiary/aromatic N) is 1. The summed E-state index contributed by atoms with van der Waals surface area (Å²) in [6, 6.07) is 16.9. The van der Waals surface area contributed by atoms with Gasteiger partial charge in [0.2, 0.25) is 5.91 Å². The summed E-state index contributed by atoms with van der Waals surface area (Å²) in [6.07, 6.45) is 0. The molecule has 0 saturated heterocycles. The van der Waals surface area contributed by atoms with Crippen molar-refractivity contribution in [1.29, 1.82) is 0 Å². The summed E-state index contributed by atoms with van der Waals surface area (Å²) in [5.41, 5.74) is 1.00. The number of amides is 1. The average molecular weight is 471 g/mol. The summed E-state index contributed by atoms with van der Waals surface area (Å²) in [5, 5.41) is 2.62. The van der Waals surface area contributed by atoms with E-state index in [1.54, 1.807) is 30.3 Å². The van der Waals surface area contributed by atoms with Crippen molar-refractivity contribution < 1.29 is 27.1 Å². The predicted molar refractivity (Wildman–Crippen MR) is 124 cm³/mol. The van der Waals surface area contributed by atoms with Gasteiger partial charge < -0.3 is 10.1 Å². The van der Waals surface area contributed by atoms with E-state index >= 15 is 0 Å². The fourth-order valence-corrected chi connectivity index (χ4v) is 4.49. The molecule has 1 amide bonds. The minimum atomic E-state index is -4.19. The van der Waals surface area contributed by atoms with Crippen LogP contribution in [0.4, 0.5) is 15.8 Å². The second kappa shape index (κ2) is 10.3. The lowest BCUT2D eigenvalue weighted by Crippen LogP contribution is -2.38. The van der Waals surface area contributed by atoms with Crippen molar-refractivity contribution in [1.82, 2.24) is 0 Å². The number of carbonyl (C=O) groups excluding carboxylic acids is 2. The second-order valence-corrected chi connectivity index (χ2v) is 8.94. The van der Waals surface area contributed by atoms with Crippen molar-refractivity contribution >= 4 is 33.1 Å². The molecule has 0 bridgehead atoms. The minimum Gasteiger partial charge on any atom is -0.494 e. The van der Waals surface area contributed by atoms with E-state index in [1.807, 2.05) is 6.92 Å². The fourth-order valence-electron chi connectivity index (χ4n) is 3.07. The number of carbonyl (C=O) groups is 2. The number of hydrogen-bond acceptors (Lipinski definition) is 5. The Balaban J connectivity index is 1.92. The first-order chi connectivity index (χ1) is 15.7. The number of rotatable bonds is 9. The van der Waals surface area contributed by atoms with Gasteiger partial charge >= 0.3 is 0 Å². The van der Waals surface area contributed by atoms with E-state index in [9.17, 15) is 22.4 Å². The highest BCUT2D eigenvalue weighted by Gasteiger charge is 2.27. The molecule has 9 heteroatoms. The normalized spacial score (nSPS) is 11.0. The van der Waals surface area contributed by atoms with E-state index in [2.05, 4.69) is 5.32 Å². The van der Waals surface area contributed by atoms with Gasteiger partial charge in [-0.25, -0.2) is 12.8 Å². The number of Topliss-reactive ketones (excluding diaryl/α,β-unsaturated/α-hetero) is 1. The Kier molecular flexibility index (Phi) is 7.44. The van der Waals surface area contributed by atoms with Crippen LogP contribution in [0.5, 0.6) is 5.75 Å². The smallest absolute Gasteiger partial charge is 0.264 e. The number of sulfonamides is 1. The summed E-state index contributed by atoms with van der Waals surface area (Å²) in [4.78, 5) is 24.2. The molecule has 0 aliphatic rings. The number of benzene rings is 3. The van der Waals surface area contributed by atoms with Gasteiger partial charge in [-0.2, -0.15) is 0 Å². The molecular formula is C24H23FN2O5S. The first-order valence-corrected chi connectivity index (χ1v) is 11.6. The largest absolute Gasteiger partial charge is 0.494 e. The standard InChI is InChI=1S/C24H23FN2O5S/c1-3-32-22-11-9-21(10-12-22)27(33(30,31)23-13-7-19(25)8-14-23)16-24(29)26-20-6-4-5-18(15-20)17(2)28/h4-15H,3,16H2,1-2H3,(H,26,29). The topological polar surface area (TPSA) is 92.8 Å². The van der Waals surface area contributed by atoms with E-state index in [4.69, 9.17) is 4.74 Å². The maximum Gasteiger partial charge on any atom is 0.264 e. The van der Waals surface area contributed by atoms with Gasteiger partial charge in [-0.3, -0.25) is 13.9 Å². The van der Waals surface area contributed by atoms with Crippen molar-refractivity contribution in [2.45, 2.75) is 18.7 Å². The van der Waals surface area contributed by atoms with Crippen LogP contribution in [0.25, 0.3) is 0 Å². The lowest BCUT2D eigenvalue weighted by Gasteiger charge is -2.24. The van der Waals surface area contributed by atoms with E-state index in [-0.39, 0.29) is 16.4 Å². The van der Waals surface area contributed by atoms with Crippen LogP contribution in [0.15, 0.2) is 77.7 Å². The molecule has 0 unspecified atom stereocenters. The summed E-state index contributed by atoms with van der Waals surface area (Å²) in [6.45, 7) is 3.13. The van der Waals surface area contributed by atoms with Gasteiger partial charge in [-0.15, -0.1) is 0 Å². The summed E-state index contributed by atoms with van der Waals surface area (Å²) >= 11 is 0. The van der Waals surface area contributed by atoms with Crippen LogP contribution in [0.3, 0.4) is 0 Å². The van der Waals surface area contributed by atoms with Crippen LogP contribution >= 0.6 is 0 Å². The molecule has 0 heterocycles. The molecular weight excluding hydrogens is 447 g/mol. The van der Waals surface area contributed by atoms with Gasteiger partial charge in [0, 0.05) is 11.3 Å². The molecule has 7 nitrogen and oxygen atoms in total. The van der Waals surface area contributed by atoms with Crippen molar-refractivity contribution in [3.05, 3.63) is 84.2 Å². The Labute approximate surface area is 191 Å². The highest BCUT2D eigenvalue weighted by molar-refractivity contribution is 7.92. The first kappa shape index (κ1) is 23.9. The highest BCUT2D eigenvalue weighted by atomic mass is 32.2. The summed E-state index contributed by atoms with van der Waals surface area (Å²) in [7, 11) is -4.19. The zero-order valence-electron chi connectivity index (χ0n) is 18.1. The third kappa shape index (κ3) is 5.95. The van der Waals surface area contributed by atoms with E-state index in [0.29, 0.717) is 23.6 Å². The van der Waals surface area contributed by atoms with Crippen LogP contribution in [0.2, 0.25) is 0 Å². The van der Waals surface area contributed by atoms with E-state index in [1.165, 1.54) is 25.1 Å². The van der Waals surface area contributed by atoms with Crippen LogP contribution in [-0.4, -0.2) is 33.3 Å². The Morgan fingerprint density at radius 3 is 2.27 bits per heavy atom. The lowest BCUT2D eigenvalue weighted by atomic mass is 10.1. The molecule has 0 radical (unpaired) electrons. The van der Waals surface area contributed by atoms with Crippen LogP contribution in [0.1, 0.15) is 24.2 Å². The Hall–Kier alpha value is -3.72. The van der Waals surface area contributed by atoms with E-state index in [0.717, 1.165) is 28.6 Å². The number of anilines is 2. The third-order valence-electron chi connectivity index (χ3n) is 4.68. The first-order valence-electron chi connectivity index (χ1n) is 10.1. The molecule has 1 N–H and O–H groups in total. The molecule has 0 aliphatic carbocycles. The number of ether oxygens (including phenoxy) is 1. The maximum absolute atomic E-state index is 13.3. The molecule has 0 saturated carbocycles. The van der Waals surface area contributed by atoms with Crippen molar-refractivity contribution in [3.8, 4) is 5.75 Å². The van der Waals surface area contributed by atoms with Gasteiger partial charge in [-0.05, 0) is 74.5 Å². The Morgan fingerprint density at radius 1 is 1.00 bits per heavy atom. The molecule has 172 valence electrons. The fraction of sp³-hybridized carbons (Fsp3) is 0.167. The average Bonchev–Trinajstić information content (AvgIpc) is 2.79. The Bertz CT molecular complexity index is 1240. The molecule has 0 spiro atoms. The molecule has 0 fully saturated rings. The molecule has 3 aromatic carbocycles. The van der Waals surface area contributed by atoms with E-state index < -0.39 is 28.3 Å². The van der Waals surface area contributed by atoms with Crippen LogP contribution in [0, 0.1) is 5.82 Å². The van der Waals surface area contributed by atoms with Gasteiger partial charge in [0.1, 0.15) is 18.1 Å². The Morgan fingerprint density at radius 2 is 1.67 bits per heavy atom. The SMILES string of the molecule is CCOc1ccc(N(CC(=O)Nc2cccc(C(C)=O)c2)S(=O)(=O)c2ccc(F)cc2)cc1. The summed E-state index contributed by atoms with van der Waals surface area (Å²) < 4.78 is 46.3. The predicted octanol–water partition coefficient (Wildman–Crippen LogP) is 4.26. The lowest BCUT2D eigenvalue weighted by molar-refractivity contribution is -0.114. The number of hydrogen-bond donors (Lipinski definition) is 1. The quantitative estimate of drug-likeness (QED) is 0.472. The van der Waals surface area contributed by atoms with Gasteiger partial charge in [0.25, 0.3) is 10.0 Å². The molecule has 0 aliphatic heterocycles. The zero-order chi connectivity index (χ0) is 24.0. The van der Waals surface area contributed by atoms with Gasteiger partial charge in [-0.1, -0.05) is 12.1 Å². The summed E-state index contributed by atoms with van der Waals surface area (Å²) in [5.74, 6) is -0.813. The number of nitrogens with one attached hydrogen (secondary N) is 1. The van der Waals surface area contributed by atoms with Gasteiger partial charge in [0.15, 0.2) is 5.78 Å². The monoisotopic (exact) mass is 470 g/mol. The van der Waals surface area contributed by atoms with Crippen molar-refractivity contribution in [3.63, 3.8) is 0 Å². The molecule has 3 aromatic rings. The molecule has 3 rings (SSSR count). The second-order valence-electron chi connectivity index (χ2n) is 7.08. The van der Waals surface area contributed by atoms with Crippen LogP contribution < -0.4 is 14.4 Å². The van der Waals surface area contributed by atoms with Crippen molar-refractivity contribution in [2.24, 2.45) is 0 Å².